The summed E-state index contributed by atoms with van der Waals surface area (Å²) in [5.41, 5.74) is 3.39. The van der Waals surface area contributed by atoms with Crippen LogP contribution in [-0.2, 0) is 13.0 Å². The van der Waals surface area contributed by atoms with Gasteiger partial charge in [-0.05, 0) is 29.8 Å². The smallest absolute Gasteiger partial charge is 0.111 e. The van der Waals surface area contributed by atoms with Gasteiger partial charge >= 0.3 is 0 Å². The lowest BCUT2D eigenvalue weighted by Gasteiger charge is -2.08. The van der Waals surface area contributed by atoms with Crippen LogP contribution in [0.5, 0.6) is 0 Å². The van der Waals surface area contributed by atoms with Crippen molar-refractivity contribution in [1.29, 1.82) is 0 Å². The van der Waals surface area contributed by atoms with Gasteiger partial charge in [0, 0.05) is 31.2 Å². The predicted molar refractivity (Wildman–Crippen MR) is 77.5 cm³/mol. The first-order valence-electron chi connectivity index (χ1n) is 6.27. The number of rotatable bonds is 4. The normalized spacial score (nSPS) is 11.0. The number of imidazole rings is 1. The average molecular weight is 272 g/mol. The zero-order chi connectivity index (χ0) is 13.1. The Morgan fingerprint density at radius 3 is 2.63 bits per heavy atom. The van der Waals surface area contributed by atoms with E-state index in [0.717, 1.165) is 29.8 Å². The number of hydrogen-bond acceptors (Lipinski definition) is 2. The lowest BCUT2D eigenvalue weighted by atomic mass is 10.2. The third kappa shape index (κ3) is 2.47. The summed E-state index contributed by atoms with van der Waals surface area (Å²) in [5.74, 6) is 1.62. The van der Waals surface area contributed by atoms with Crippen LogP contribution in [0.2, 0.25) is 0 Å². The van der Waals surface area contributed by atoms with E-state index in [4.69, 9.17) is 11.6 Å². The molecule has 0 aliphatic rings. The van der Waals surface area contributed by atoms with E-state index >= 15 is 0 Å². The number of benzene rings is 1. The van der Waals surface area contributed by atoms with Crippen LogP contribution in [0.3, 0.4) is 0 Å². The highest BCUT2D eigenvalue weighted by Gasteiger charge is 2.10. The van der Waals surface area contributed by atoms with Crippen LogP contribution in [0.1, 0.15) is 11.4 Å². The van der Waals surface area contributed by atoms with E-state index in [-0.39, 0.29) is 0 Å². The van der Waals surface area contributed by atoms with E-state index < -0.39 is 0 Å². The maximum atomic E-state index is 5.88. The topological polar surface area (TPSA) is 30.7 Å². The summed E-state index contributed by atoms with van der Waals surface area (Å²) in [4.78, 5) is 8.71. The molecule has 4 heteroatoms. The molecule has 3 rings (SSSR count). The summed E-state index contributed by atoms with van der Waals surface area (Å²) < 4.78 is 2.23. The average Bonchev–Trinajstić information content (AvgIpc) is 2.79. The van der Waals surface area contributed by atoms with Crippen LogP contribution in [0.15, 0.2) is 48.8 Å². The molecule has 0 saturated heterocycles. The third-order valence-corrected chi connectivity index (χ3v) is 3.33. The standard InChI is InChI=1S/C15H14ClN3/c16-8-5-15-18-13-3-1-2-4-14(13)19(15)11-12-6-9-17-10-7-12/h1-4,6-7,9-10H,5,8,11H2. The second-order valence-electron chi connectivity index (χ2n) is 4.40. The van der Waals surface area contributed by atoms with Crippen molar-refractivity contribution >= 4 is 22.6 Å². The summed E-state index contributed by atoms with van der Waals surface area (Å²) in [6.45, 7) is 0.801. The molecule has 1 aromatic carbocycles. The van der Waals surface area contributed by atoms with Crippen molar-refractivity contribution < 1.29 is 0 Å². The Morgan fingerprint density at radius 2 is 1.84 bits per heavy atom. The fourth-order valence-electron chi connectivity index (χ4n) is 2.25. The van der Waals surface area contributed by atoms with Gasteiger partial charge in [-0.2, -0.15) is 0 Å². The minimum absolute atomic E-state index is 0.583. The summed E-state index contributed by atoms with van der Waals surface area (Å²) >= 11 is 5.88. The van der Waals surface area contributed by atoms with Gasteiger partial charge in [-0.15, -0.1) is 11.6 Å². The first-order valence-corrected chi connectivity index (χ1v) is 6.81. The molecule has 2 heterocycles. The fourth-order valence-corrected chi connectivity index (χ4v) is 2.42. The molecule has 3 aromatic rings. The SMILES string of the molecule is ClCCc1nc2ccccc2n1Cc1ccncc1. The second kappa shape index (κ2) is 5.41. The van der Waals surface area contributed by atoms with Gasteiger partial charge in [-0.3, -0.25) is 4.98 Å². The van der Waals surface area contributed by atoms with E-state index in [1.54, 1.807) is 0 Å². The molecule has 0 N–H and O–H groups in total. The number of aromatic nitrogens is 3. The molecule has 19 heavy (non-hydrogen) atoms. The van der Waals surface area contributed by atoms with Crippen molar-refractivity contribution in [3.05, 3.63) is 60.2 Å². The molecule has 0 radical (unpaired) electrons. The molecular weight excluding hydrogens is 258 g/mol. The summed E-state index contributed by atoms with van der Waals surface area (Å²) in [5, 5.41) is 0. The molecule has 0 fully saturated rings. The molecule has 0 amide bonds. The lowest BCUT2D eigenvalue weighted by molar-refractivity contribution is 0.753. The number of pyridine rings is 1. The quantitative estimate of drug-likeness (QED) is 0.682. The summed E-state index contributed by atoms with van der Waals surface area (Å²) in [6, 6.07) is 12.2. The Bertz CT molecular complexity index is 676. The highest BCUT2D eigenvalue weighted by Crippen LogP contribution is 2.18. The van der Waals surface area contributed by atoms with Crippen LogP contribution in [0.4, 0.5) is 0 Å². The largest absolute Gasteiger partial charge is 0.323 e. The maximum Gasteiger partial charge on any atom is 0.111 e. The van der Waals surface area contributed by atoms with Gasteiger partial charge in [0.2, 0.25) is 0 Å². The van der Waals surface area contributed by atoms with Crippen molar-refractivity contribution in [2.75, 3.05) is 5.88 Å². The molecule has 0 spiro atoms. The summed E-state index contributed by atoms with van der Waals surface area (Å²) in [7, 11) is 0. The number of hydrogen-bond donors (Lipinski definition) is 0. The van der Waals surface area contributed by atoms with E-state index in [9.17, 15) is 0 Å². The number of para-hydroxylation sites is 2. The Kier molecular flexibility index (Phi) is 3.47. The van der Waals surface area contributed by atoms with Gasteiger partial charge in [-0.25, -0.2) is 4.98 Å². The van der Waals surface area contributed by atoms with Gasteiger partial charge in [0.15, 0.2) is 0 Å². The van der Waals surface area contributed by atoms with Crippen LogP contribution in [0, 0.1) is 0 Å². The molecule has 2 aromatic heterocycles. The third-order valence-electron chi connectivity index (χ3n) is 3.14. The zero-order valence-corrected chi connectivity index (χ0v) is 11.2. The summed E-state index contributed by atoms with van der Waals surface area (Å²) in [6.07, 6.45) is 4.41. The Hall–Kier alpha value is -1.87. The molecule has 3 nitrogen and oxygen atoms in total. The van der Waals surface area contributed by atoms with Crippen molar-refractivity contribution in [3.8, 4) is 0 Å². The first kappa shape index (κ1) is 12.2. The molecule has 0 aliphatic carbocycles. The predicted octanol–water partition coefficient (Wildman–Crippen LogP) is 3.26. The van der Waals surface area contributed by atoms with Gasteiger partial charge in [0.05, 0.1) is 11.0 Å². The second-order valence-corrected chi connectivity index (χ2v) is 4.78. The van der Waals surface area contributed by atoms with Crippen molar-refractivity contribution in [1.82, 2.24) is 14.5 Å². The Labute approximate surface area is 116 Å². The van der Waals surface area contributed by atoms with Gasteiger partial charge < -0.3 is 4.57 Å². The van der Waals surface area contributed by atoms with Crippen molar-refractivity contribution in [2.45, 2.75) is 13.0 Å². The zero-order valence-electron chi connectivity index (χ0n) is 10.5. The number of fused-ring (bicyclic) bond motifs is 1. The number of halogens is 1. The van der Waals surface area contributed by atoms with Gasteiger partial charge in [-0.1, -0.05) is 12.1 Å². The van der Waals surface area contributed by atoms with Crippen molar-refractivity contribution in [3.63, 3.8) is 0 Å². The van der Waals surface area contributed by atoms with Gasteiger partial charge in [0.1, 0.15) is 5.82 Å². The maximum absolute atomic E-state index is 5.88. The van der Waals surface area contributed by atoms with E-state index in [0.29, 0.717) is 5.88 Å². The number of alkyl halides is 1. The first-order chi connectivity index (χ1) is 9.38. The molecule has 0 unspecified atom stereocenters. The van der Waals surface area contributed by atoms with Crippen LogP contribution in [0.25, 0.3) is 11.0 Å². The molecular formula is C15H14ClN3. The minimum atomic E-state index is 0.583. The van der Waals surface area contributed by atoms with Crippen LogP contribution >= 0.6 is 11.6 Å². The Balaban J connectivity index is 2.07. The lowest BCUT2D eigenvalue weighted by Crippen LogP contribution is -2.06. The number of nitrogens with zero attached hydrogens (tertiary/aromatic N) is 3. The van der Waals surface area contributed by atoms with Crippen LogP contribution < -0.4 is 0 Å². The Morgan fingerprint density at radius 1 is 1.05 bits per heavy atom. The fraction of sp³-hybridized carbons (Fsp3) is 0.200. The van der Waals surface area contributed by atoms with E-state index in [1.807, 2.05) is 42.7 Å². The van der Waals surface area contributed by atoms with Gasteiger partial charge in [0.25, 0.3) is 0 Å². The molecule has 96 valence electrons. The molecule has 0 aliphatic heterocycles. The molecule has 0 bridgehead atoms. The van der Waals surface area contributed by atoms with E-state index in [1.165, 1.54) is 5.56 Å². The number of aryl methyl sites for hydroxylation is 1. The molecule has 0 atom stereocenters. The van der Waals surface area contributed by atoms with E-state index in [2.05, 4.69) is 20.6 Å². The minimum Gasteiger partial charge on any atom is -0.323 e. The highest BCUT2D eigenvalue weighted by atomic mass is 35.5. The highest BCUT2D eigenvalue weighted by molar-refractivity contribution is 6.17. The van der Waals surface area contributed by atoms with Crippen molar-refractivity contribution in [2.24, 2.45) is 0 Å². The van der Waals surface area contributed by atoms with Crippen LogP contribution in [-0.4, -0.2) is 20.4 Å². The molecule has 0 saturated carbocycles. The monoisotopic (exact) mass is 271 g/mol.